The SMILES string of the molecule is O=C(OCCCl)C1C2CC(C3CC=CC32)C1C(=O)OCCCl. The standard InChI is InChI=1S/C16H20Cl2O4/c17-4-6-21-15(19)13-11-8-12(10-3-1-2-9(10)11)14(13)16(20)22-7-5-18/h1-2,9-14H,3-8H2. The maximum absolute atomic E-state index is 12.4. The first-order chi connectivity index (χ1) is 10.7. The number of hydrogen-bond donors (Lipinski definition) is 0. The predicted octanol–water partition coefficient (Wildman–Crippen LogP) is 2.62. The van der Waals surface area contributed by atoms with E-state index in [2.05, 4.69) is 12.2 Å². The van der Waals surface area contributed by atoms with Crippen molar-refractivity contribution in [3.8, 4) is 0 Å². The van der Waals surface area contributed by atoms with E-state index in [1.165, 1.54) is 0 Å². The summed E-state index contributed by atoms with van der Waals surface area (Å²) in [4.78, 5) is 24.9. The molecule has 0 saturated heterocycles. The van der Waals surface area contributed by atoms with Gasteiger partial charge in [0.25, 0.3) is 0 Å². The van der Waals surface area contributed by atoms with Crippen molar-refractivity contribution in [3.63, 3.8) is 0 Å². The van der Waals surface area contributed by atoms with Gasteiger partial charge in [-0.15, -0.1) is 23.2 Å². The Morgan fingerprint density at radius 3 is 2.14 bits per heavy atom. The van der Waals surface area contributed by atoms with E-state index in [0.717, 1.165) is 12.8 Å². The molecule has 22 heavy (non-hydrogen) atoms. The van der Waals surface area contributed by atoms with Crippen LogP contribution < -0.4 is 0 Å². The summed E-state index contributed by atoms with van der Waals surface area (Å²) in [5.74, 6) is 0.391. The molecule has 6 heteroatoms. The lowest BCUT2D eigenvalue weighted by Gasteiger charge is -2.35. The van der Waals surface area contributed by atoms with E-state index in [-0.39, 0.29) is 48.7 Å². The lowest BCUT2D eigenvalue weighted by molar-refractivity contribution is -0.164. The monoisotopic (exact) mass is 346 g/mol. The van der Waals surface area contributed by atoms with Gasteiger partial charge in [0.15, 0.2) is 0 Å². The Morgan fingerprint density at radius 1 is 0.955 bits per heavy atom. The number of carbonyl (C=O) groups excluding carboxylic acids is 2. The van der Waals surface area contributed by atoms with Crippen LogP contribution in [0.5, 0.6) is 0 Å². The molecular formula is C16H20Cl2O4. The van der Waals surface area contributed by atoms with Gasteiger partial charge in [0, 0.05) is 0 Å². The third-order valence-electron chi connectivity index (χ3n) is 5.35. The molecule has 0 radical (unpaired) electrons. The molecule has 0 aromatic heterocycles. The Labute approximate surface area is 140 Å². The first kappa shape index (κ1) is 16.1. The zero-order valence-corrected chi connectivity index (χ0v) is 13.8. The average Bonchev–Trinajstić information content (AvgIpc) is 3.20. The first-order valence-electron chi connectivity index (χ1n) is 7.81. The van der Waals surface area contributed by atoms with Gasteiger partial charge in [-0.1, -0.05) is 12.2 Å². The van der Waals surface area contributed by atoms with Crippen LogP contribution in [0, 0.1) is 35.5 Å². The van der Waals surface area contributed by atoms with Gasteiger partial charge in [-0.3, -0.25) is 9.59 Å². The van der Waals surface area contributed by atoms with E-state index in [0.29, 0.717) is 11.8 Å². The molecule has 6 atom stereocenters. The molecular weight excluding hydrogens is 327 g/mol. The molecule has 0 aromatic rings. The quantitative estimate of drug-likeness (QED) is 0.421. The molecule has 3 aliphatic carbocycles. The molecule has 0 N–H and O–H groups in total. The number of ether oxygens (including phenoxy) is 2. The molecule has 2 saturated carbocycles. The number of esters is 2. The second kappa shape index (κ2) is 6.79. The van der Waals surface area contributed by atoms with Gasteiger partial charge in [0.2, 0.25) is 0 Å². The predicted molar refractivity (Wildman–Crippen MR) is 82.7 cm³/mol. The van der Waals surface area contributed by atoms with Crippen LogP contribution in [0.2, 0.25) is 0 Å². The molecule has 0 heterocycles. The molecule has 3 rings (SSSR count). The average molecular weight is 347 g/mol. The summed E-state index contributed by atoms with van der Waals surface area (Å²) in [5, 5.41) is 0. The molecule has 0 aliphatic heterocycles. The fourth-order valence-corrected chi connectivity index (χ4v) is 4.86. The van der Waals surface area contributed by atoms with E-state index < -0.39 is 11.8 Å². The number of halogens is 2. The summed E-state index contributed by atoms with van der Waals surface area (Å²) >= 11 is 11.2. The summed E-state index contributed by atoms with van der Waals surface area (Å²) in [6.45, 7) is 0.367. The van der Waals surface area contributed by atoms with Crippen molar-refractivity contribution in [1.82, 2.24) is 0 Å². The normalized spacial score (nSPS) is 38.1. The molecule has 6 unspecified atom stereocenters. The van der Waals surface area contributed by atoms with Crippen LogP contribution in [0.1, 0.15) is 12.8 Å². The third kappa shape index (κ3) is 2.65. The lowest BCUT2D eigenvalue weighted by Crippen LogP contribution is -2.42. The van der Waals surface area contributed by atoms with Gasteiger partial charge >= 0.3 is 11.9 Å². The molecule has 0 amide bonds. The second-order valence-corrected chi connectivity index (χ2v) is 6.99. The summed E-state index contributed by atoms with van der Waals surface area (Å²) in [7, 11) is 0. The Hall–Kier alpha value is -0.740. The molecule has 0 spiro atoms. The van der Waals surface area contributed by atoms with Crippen LogP contribution in [-0.4, -0.2) is 36.9 Å². The fourth-order valence-electron chi connectivity index (χ4n) is 4.70. The van der Waals surface area contributed by atoms with Crippen molar-refractivity contribution in [2.24, 2.45) is 35.5 Å². The Balaban J connectivity index is 1.78. The molecule has 4 nitrogen and oxygen atoms in total. The minimum absolute atomic E-state index is 0.182. The minimum Gasteiger partial charge on any atom is -0.464 e. The van der Waals surface area contributed by atoms with Crippen molar-refractivity contribution < 1.29 is 19.1 Å². The largest absolute Gasteiger partial charge is 0.464 e. The number of allylic oxidation sites excluding steroid dienone is 2. The summed E-state index contributed by atoms with van der Waals surface area (Å²) < 4.78 is 10.5. The van der Waals surface area contributed by atoms with Gasteiger partial charge in [0.1, 0.15) is 13.2 Å². The maximum atomic E-state index is 12.4. The van der Waals surface area contributed by atoms with Crippen LogP contribution >= 0.6 is 23.2 Å². The highest BCUT2D eigenvalue weighted by atomic mass is 35.5. The number of alkyl halides is 2. The van der Waals surface area contributed by atoms with Crippen molar-refractivity contribution in [2.75, 3.05) is 25.0 Å². The Bertz CT molecular complexity index is 479. The van der Waals surface area contributed by atoms with Crippen molar-refractivity contribution in [3.05, 3.63) is 12.2 Å². The second-order valence-electron chi connectivity index (χ2n) is 6.23. The summed E-state index contributed by atoms with van der Waals surface area (Å²) in [6.07, 6.45) is 6.27. The van der Waals surface area contributed by atoms with E-state index >= 15 is 0 Å². The van der Waals surface area contributed by atoms with Gasteiger partial charge in [-0.2, -0.15) is 0 Å². The topological polar surface area (TPSA) is 52.6 Å². The first-order valence-corrected chi connectivity index (χ1v) is 8.87. The summed E-state index contributed by atoms with van der Waals surface area (Å²) in [6, 6.07) is 0. The van der Waals surface area contributed by atoms with Crippen molar-refractivity contribution in [2.45, 2.75) is 12.8 Å². The number of hydrogen-bond acceptors (Lipinski definition) is 4. The van der Waals surface area contributed by atoms with E-state index in [1.54, 1.807) is 0 Å². The van der Waals surface area contributed by atoms with E-state index in [9.17, 15) is 9.59 Å². The van der Waals surface area contributed by atoms with E-state index in [4.69, 9.17) is 32.7 Å². The molecule has 2 fully saturated rings. The van der Waals surface area contributed by atoms with Gasteiger partial charge in [0.05, 0.1) is 23.6 Å². The highest BCUT2D eigenvalue weighted by Crippen LogP contribution is 2.62. The molecule has 0 aromatic carbocycles. The minimum atomic E-state index is -0.403. The maximum Gasteiger partial charge on any atom is 0.310 e. The van der Waals surface area contributed by atoms with Gasteiger partial charge in [-0.05, 0) is 36.5 Å². The van der Waals surface area contributed by atoms with Gasteiger partial charge in [-0.25, -0.2) is 0 Å². The zero-order valence-electron chi connectivity index (χ0n) is 12.3. The number of carbonyl (C=O) groups is 2. The van der Waals surface area contributed by atoms with Crippen LogP contribution in [0.4, 0.5) is 0 Å². The third-order valence-corrected chi connectivity index (χ3v) is 5.65. The Kier molecular flexibility index (Phi) is 4.98. The van der Waals surface area contributed by atoms with Crippen LogP contribution in [-0.2, 0) is 19.1 Å². The molecule has 2 bridgehead atoms. The smallest absolute Gasteiger partial charge is 0.310 e. The summed E-state index contributed by atoms with van der Waals surface area (Å²) in [5.41, 5.74) is 0. The zero-order chi connectivity index (χ0) is 15.7. The Morgan fingerprint density at radius 2 is 1.55 bits per heavy atom. The van der Waals surface area contributed by atoms with Crippen molar-refractivity contribution in [1.29, 1.82) is 0 Å². The van der Waals surface area contributed by atoms with Crippen molar-refractivity contribution >= 4 is 35.1 Å². The van der Waals surface area contributed by atoms with E-state index in [1.807, 2.05) is 0 Å². The number of rotatable bonds is 6. The number of fused-ring (bicyclic) bond motifs is 5. The van der Waals surface area contributed by atoms with Crippen LogP contribution in [0.15, 0.2) is 12.2 Å². The lowest BCUT2D eigenvalue weighted by atomic mass is 9.69. The van der Waals surface area contributed by atoms with Crippen LogP contribution in [0.3, 0.4) is 0 Å². The highest BCUT2D eigenvalue weighted by Gasteiger charge is 2.63. The van der Waals surface area contributed by atoms with Gasteiger partial charge < -0.3 is 9.47 Å². The fraction of sp³-hybridized carbons (Fsp3) is 0.750. The van der Waals surface area contributed by atoms with Crippen LogP contribution in [0.25, 0.3) is 0 Å². The molecule has 3 aliphatic rings. The highest BCUT2D eigenvalue weighted by molar-refractivity contribution is 6.18. The molecule has 122 valence electrons.